The van der Waals surface area contributed by atoms with Crippen molar-refractivity contribution in [3.05, 3.63) is 58.7 Å². The Morgan fingerprint density at radius 1 is 1.08 bits per heavy atom. The molecule has 1 aliphatic rings. The summed E-state index contributed by atoms with van der Waals surface area (Å²) in [6.07, 6.45) is 4.44. The van der Waals surface area contributed by atoms with Crippen LogP contribution in [0.4, 0.5) is 11.4 Å². The summed E-state index contributed by atoms with van der Waals surface area (Å²) in [7, 11) is 1.39. The van der Waals surface area contributed by atoms with Crippen molar-refractivity contribution in [2.75, 3.05) is 25.1 Å². The average Bonchev–Trinajstić information content (AvgIpc) is 3.14. The summed E-state index contributed by atoms with van der Waals surface area (Å²) in [6, 6.07) is 11.9. The van der Waals surface area contributed by atoms with Crippen LogP contribution in [0.15, 0.2) is 41.4 Å². The predicted octanol–water partition coefficient (Wildman–Crippen LogP) is 4.44. The molecule has 0 spiro atoms. The van der Waals surface area contributed by atoms with E-state index in [-0.39, 0.29) is 5.97 Å². The summed E-state index contributed by atoms with van der Waals surface area (Å²) in [5.41, 5.74) is 6.04. The Labute approximate surface area is 149 Å². The maximum Gasteiger partial charge on any atom is 0.337 e. The molecule has 4 nitrogen and oxygen atoms in total. The number of benzene rings is 2. The van der Waals surface area contributed by atoms with Gasteiger partial charge in [-0.05, 0) is 73.7 Å². The molecule has 3 rings (SSSR count). The third-order valence-electron chi connectivity index (χ3n) is 4.64. The molecule has 0 bridgehead atoms. The number of carbonyl (C=O) groups excluding carboxylic acids is 1. The Balaban J connectivity index is 1.77. The summed E-state index contributed by atoms with van der Waals surface area (Å²) in [5.74, 6) is -0.327. The van der Waals surface area contributed by atoms with Gasteiger partial charge in [0.2, 0.25) is 0 Å². The number of carbonyl (C=O) groups is 1. The van der Waals surface area contributed by atoms with Gasteiger partial charge in [-0.15, -0.1) is 0 Å². The summed E-state index contributed by atoms with van der Waals surface area (Å²) >= 11 is 0. The van der Waals surface area contributed by atoms with Crippen LogP contribution in [0, 0.1) is 13.8 Å². The molecular weight excluding hydrogens is 312 g/mol. The van der Waals surface area contributed by atoms with Gasteiger partial charge >= 0.3 is 5.97 Å². The van der Waals surface area contributed by atoms with Crippen molar-refractivity contribution < 1.29 is 9.53 Å². The van der Waals surface area contributed by atoms with Crippen LogP contribution >= 0.6 is 0 Å². The lowest BCUT2D eigenvalue weighted by Crippen LogP contribution is -2.18. The second kappa shape index (κ2) is 7.51. The van der Waals surface area contributed by atoms with Gasteiger partial charge < -0.3 is 9.64 Å². The van der Waals surface area contributed by atoms with Crippen molar-refractivity contribution in [3.63, 3.8) is 0 Å². The summed E-state index contributed by atoms with van der Waals surface area (Å²) in [6.45, 7) is 6.41. The molecule has 1 heterocycles. The van der Waals surface area contributed by atoms with E-state index < -0.39 is 0 Å². The lowest BCUT2D eigenvalue weighted by atomic mass is 10.1. The summed E-state index contributed by atoms with van der Waals surface area (Å²) in [4.78, 5) is 18.6. The Hall–Kier alpha value is -2.62. The first-order chi connectivity index (χ1) is 12.1. The third kappa shape index (κ3) is 3.90. The quantitative estimate of drug-likeness (QED) is 0.612. The molecule has 2 aromatic rings. The third-order valence-corrected chi connectivity index (χ3v) is 4.64. The van der Waals surface area contributed by atoms with E-state index in [1.165, 1.54) is 31.2 Å². The van der Waals surface area contributed by atoms with Crippen LogP contribution in [-0.2, 0) is 4.74 Å². The highest BCUT2D eigenvalue weighted by Crippen LogP contribution is 2.25. The fourth-order valence-electron chi connectivity index (χ4n) is 3.26. The zero-order chi connectivity index (χ0) is 17.8. The number of nitrogens with zero attached hydrogens (tertiary/aromatic N) is 2. The SMILES string of the molecule is COC(=O)c1ccc(N=Cc2ccc(N3CCCC3)c(C)c2)c(C)c1. The number of aliphatic imine (C=N–C) groups is 1. The van der Waals surface area contributed by atoms with Crippen molar-refractivity contribution in [3.8, 4) is 0 Å². The number of ether oxygens (including phenoxy) is 1. The van der Waals surface area contributed by atoms with E-state index in [4.69, 9.17) is 4.74 Å². The molecule has 4 heteroatoms. The Morgan fingerprint density at radius 2 is 1.84 bits per heavy atom. The van der Waals surface area contributed by atoms with E-state index in [9.17, 15) is 4.79 Å². The Kier molecular flexibility index (Phi) is 5.17. The molecule has 0 N–H and O–H groups in total. The summed E-state index contributed by atoms with van der Waals surface area (Å²) < 4.78 is 4.75. The van der Waals surface area contributed by atoms with Gasteiger partial charge in [-0.1, -0.05) is 6.07 Å². The maximum absolute atomic E-state index is 11.6. The smallest absolute Gasteiger partial charge is 0.337 e. The molecule has 0 aliphatic carbocycles. The molecular formula is C21H24N2O2. The van der Waals surface area contributed by atoms with Crippen LogP contribution in [0.2, 0.25) is 0 Å². The number of hydrogen-bond donors (Lipinski definition) is 0. The van der Waals surface area contributed by atoms with Gasteiger partial charge in [0.05, 0.1) is 18.4 Å². The van der Waals surface area contributed by atoms with Crippen LogP contribution in [0.1, 0.15) is 39.9 Å². The fraction of sp³-hybridized carbons (Fsp3) is 0.333. The van der Waals surface area contributed by atoms with Crippen LogP contribution < -0.4 is 4.90 Å². The molecule has 2 aromatic carbocycles. The first kappa shape index (κ1) is 17.2. The molecule has 1 aliphatic heterocycles. The van der Waals surface area contributed by atoms with Crippen molar-refractivity contribution in [1.29, 1.82) is 0 Å². The minimum Gasteiger partial charge on any atom is -0.465 e. The number of esters is 1. The molecule has 25 heavy (non-hydrogen) atoms. The minimum absolute atomic E-state index is 0.327. The highest BCUT2D eigenvalue weighted by molar-refractivity contribution is 5.90. The normalized spacial score (nSPS) is 14.3. The van der Waals surface area contributed by atoms with Gasteiger partial charge in [0.1, 0.15) is 0 Å². The molecule has 0 aromatic heterocycles. The summed E-state index contributed by atoms with van der Waals surface area (Å²) in [5, 5.41) is 0. The molecule has 0 unspecified atom stereocenters. The Bertz CT molecular complexity index is 806. The molecule has 0 atom stereocenters. The van der Waals surface area contributed by atoms with E-state index in [0.29, 0.717) is 5.56 Å². The van der Waals surface area contributed by atoms with Crippen molar-refractivity contribution in [2.24, 2.45) is 4.99 Å². The van der Waals surface area contributed by atoms with Gasteiger partial charge in [0.25, 0.3) is 0 Å². The maximum atomic E-state index is 11.6. The lowest BCUT2D eigenvalue weighted by molar-refractivity contribution is 0.0600. The predicted molar refractivity (Wildman–Crippen MR) is 102 cm³/mol. The van der Waals surface area contributed by atoms with E-state index in [1.807, 2.05) is 19.2 Å². The highest BCUT2D eigenvalue weighted by Gasteiger charge is 2.14. The lowest BCUT2D eigenvalue weighted by Gasteiger charge is -2.20. The second-order valence-corrected chi connectivity index (χ2v) is 6.49. The highest BCUT2D eigenvalue weighted by atomic mass is 16.5. The number of rotatable bonds is 4. The van der Waals surface area contributed by atoms with Gasteiger partial charge in [-0.25, -0.2) is 4.79 Å². The number of hydrogen-bond acceptors (Lipinski definition) is 4. The van der Waals surface area contributed by atoms with Crippen molar-refractivity contribution >= 4 is 23.6 Å². The molecule has 0 radical (unpaired) electrons. The number of methoxy groups -OCH3 is 1. The van der Waals surface area contributed by atoms with Gasteiger partial charge in [0.15, 0.2) is 0 Å². The van der Waals surface area contributed by atoms with E-state index >= 15 is 0 Å². The average molecular weight is 336 g/mol. The van der Waals surface area contributed by atoms with Gasteiger partial charge in [0, 0.05) is 25.0 Å². The fourth-order valence-corrected chi connectivity index (χ4v) is 3.26. The monoisotopic (exact) mass is 336 g/mol. The van der Waals surface area contributed by atoms with Crippen LogP contribution in [0.3, 0.4) is 0 Å². The van der Waals surface area contributed by atoms with Crippen LogP contribution in [-0.4, -0.2) is 32.4 Å². The first-order valence-electron chi connectivity index (χ1n) is 8.67. The van der Waals surface area contributed by atoms with E-state index in [2.05, 4.69) is 35.0 Å². The molecule has 1 fully saturated rings. The minimum atomic E-state index is -0.327. The van der Waals surface area contributed by atoms with E-state index in [1.54, 1.807) is 12.1 Å². The molecule has 0 saturated carbocycles. The van der Waals surface area contributed by atoms with E-state index in [0.717, 1.165) is 29.9 Å². The second-order valence-electron chi connectivity index (χ2n) is 6.49. The van der Waals surface area contributed by atoms with Gasteiger partial charge in [-0.3, -0.25) is 4.99 Å². The van der Waals surface area contributed by atoms with Crippen LogP contribution in [0.5, 0.6) is 0 Å². The number of anilines is 1. The zero-order valence-electron chi connectivity index (χ0n) is 15.1. The van der Waals surface area contributed by atoms with Crippen LogP contribution in [0.25, 0.3) is 0 Å². The first-order valence-corrected chi connectivity index (χ1v) is 8.67. The van der Waals surface area contributed by atoms with Gasteiger partial charge in [-0.2, -0.15) is 0 Å². The molecule has 0 amide bonds. The standard InChI is InChI=1S/C21H24N2O2/c1-15-13-18(21(24)25-3)7-8-19(15)22-14-17-6-9-20(16(2)12-17)23-10-4-5-11-23/h6-9,12-14H,4-5,10-11H2,1-3H3. The Morgan fingerprint density at radius 3 is 2.48 bits per heavy atom. The largest absolute Gasteiger partial charge is 0.465 e. The zero-order valence-corrected chi connectivity index (χ0v) is 15.1. The molecule has 130 valence electrons. The number of aryl methyl sites for hydroxylation is 2. The topological polar surface area (TPSA) is 41.9 Å². The van der Waals surface area contributed by atoms with Crippen molar-refractivity contribution in [2.45, 2.75) is 26.7 Å². The van der Waals surface area contributed by atoms with Crippen molar-refractivity contribution in [1.82, 2.24) is 0 Å². The molecule has 1 saturated heterocycles.